The van der Waals surface area contributed by atoms with E-state index in [1.807, 2.05) is 0 Å². The summed E-state index contributed by atoms with van der Waals surface area (Å²) in [4.78, 5) is 37.4. The van der Waals surface area contributed by atoms with E-state index in [1.54, 1.807) is 6.92 Å². The zero-order chi connectivity index (χ0) is 24.1. The Hall–Kier alpha value is -2.46. The summed E-state index contributed by atoms with van der Waals surface area (Å²) in [5, 5.41) is -1.68. The van der Waals surface area contributed by atoms with Gasteiger partial charge < -0.3 is 9.47 Å². The van der Waals surface area contributed by atoms with E-state index < -0.39 is 44.9 Å². The molecule has 176 valence electrons. The van der Waals surface area contributed by atoms with E-state index in [0.717, 1.165) is 25.3 Å². The SMILES string of the molecule is CCOC(=O)C1=CCCC[C@@H]1S(=O)(=O)N(C(=O)C(C)CC(=O)OC)c1ccc(F)cc1Cl. The molecule has 1 unspecified atom stereocenters. The van der Waals surface area contributed by atoms with Crippen LogP contribution in [0.25, 0.3) is 0 Å². The van der Waals surface area contributed by atoms with Crippen molar-refractivity contribution < 1.29 is 36.7 Å². The maximum absolute atomic E-state index is 13.7. The molecule has 2 atom stereocenters. The number of sulfonamides is 1. The molecular weight excluding hydrogens is 465 g/mol. The number of hydrogen-bond donors (Lipinski definition) is 0. The summed E-state index contributed by atoms with van der Waals surface area (Å²) in [5.74, 6) is -4.29. The van der Waals surface area contributed by atoms with Gasteiger partial charge in [0.1, 0.15) is 11.1 Å². The van der Waals surface area contributed by atoms with Crippen LogP contribution in [0.3, 0.4) is 0 Å². The van der Waals surface area contributed by atoms with Gasteiger partial charge in [-0.1, -0.05) is 24.6 Å². The first-order valence-electron chi connectivity index (χ1n) is 10.0. The molecule has 0 saturated heterocycles. The quantitative estimate of drug-likeness (QED) is 0.515. The molecule has 1 amide bonds. The van der Waals surface area contributed by atoms with Gasteiger partial charge in [-0.05, 0) is 44.4 Å². The summed E-state index contributed by atoms with van der Waals surface area (Å²) < 4.78 is 51.1. The molecule has 0 N–H and O–H groups in total. The van der Waals surface area contributed by atoms with Crippen LogP contribution >= 0.6 is 11.6 Å². The molecule has 2 rings (SSSR count). The van der Waals surface area contributed by atoms with Crippen LogP contribution in [-0.4, -0.2) is 45.2 Å². The zero-order valence-electron chi connectivity index (χ0n) is 18.0. The summed E-state index contributed by atoms with van der Waals surface area (Å²) in [5.41, 5.74) is -0.349. The van der Waals surface area contributed by atoms with Gasteiger partial charge in [-0.3, -0.25) is 9.59 Å². The van der Waals surface area contributed by atoms with E-state index >= 15 is 0 Å². The highest BCUT2D eigenvalue weighted by Crippen LogP contribution is 2.36. The highest BCUT2D eigenvalue weighted by molar-refractivity contribution is 7.94. The van der Waals surface area contributed by atoms with Crippen molar-refractivity contribution >= 4 is 45.2 Å². The van der Waals surface area contributed by atoms with Crippen LogP contribution in [0.1, 0.15) is 39.5 Å². The number of carbonyl (C=O) groups excluding carboxylic acids is 3. The van der Waals surface area contributed by atoms with E-state index in [-0.39, 0.29) is 35.7 Å². The number of ether oxygens (including phenoxy) is 2. The Kier molecular flexibility index (Phi) is 8.80. The summed E-state index contributed by atoms with van der Waals surface area (Å²) in [6.45, 7) is 3.00. The van der Waals surface area contributed by atoms with E-state index in [1.165, 1.54) is 13.0 Å². The average molecular weight is 490 g/mol. The van der Waals surface area contributed by atoms with Crippen molar-refractivity contribution in [3.05, 3.63) is 40.7 Å². The van der Waals surface area contributed by atoms with E-state index in [9.17, 15) is 27.2 Å². The lowest BCUT2D eigenvalue weighted by atomic mass is 9.99. The zero-order valence-corrected chi connectivity index (χ0v) is 19.5. The van der Waals surface area contributed by atoms with Gasteiger partial charge in [-0.2, -0.15) is 0 Å². The van der Waals surface area contributed by atoms with Crippen LogP contribution in [0.15, 0.2) is 29.8 Å². The lowest BCUT2D eigenvalue weighted by Crippen LogP contribution is -2.47. The molecule has 0 saturated carbocycles. The number of anilines is 1. The predicted octanol–water partition coefficient (Wildman–Crippen LogP) is 3.38. The summed E-state index contributed by atoms with van der Waals surface area (Å²) >= 11 is 6.10. The van der Waals surface area contributed by atoms with Crippen molar-refractivity contribution in [2.24, 2.45) is 5.92 Å². The maximum atomic E-state index is 13.7. The van der Waals surface area contributed by atoms with Crippen molar-refractivity contribution in [3.63, 3.8) is 0 Å². The molecule has 11 heteroatoms. The minimum absolute atomic E-state index is 0.0472. The first-order valence-corrected chi connectivity index (χ1v) is 11.9. The fourth-order valence-corrected chi connectivity index (χ4v) is 5.76. The lowest BCUT2D eigenvalue weighted by Gasteiger charge is -2.32. The van der Waals surface area contributed by atoms with Crippen molar-refractivity contribution in [2.45, 2.75) is 44.8 Å². The molecule has 1 aliphatic rings. The van der Waals surface area contributed by atoms with E-state index in [0.29, 0.717) is 17.1 Å². The lowest BCUT2D eigenvalue weighted by molar-refractivity contribution is -0.143. The second-order valence-electron chi connectivity index (χ2n) is 7.22. The smallest absolute Gasteiger partial charge is 0.335 e. The number of allylic oxidation sites excluding steroid dienone is 1. The highest BCUT2D eigenvalue weighted by atomic mass is 35.5. The normalized spacial score (nSPS) is 17.2. The average Bonchev–Trinajstić information content (AvgIpc) is 2.75. The molecule has 1 aromatic carbocycles. The molecule has 0 heterocycles. The van der Waals surface area contributed by atoms with E-state index in [2.05, 4.69) is 4.74 Å². The monoisotopic (exact) mass is 489 g/mol. The van der Waals surface area contributed by atoms with Crippen molar-refractivity contribution in [2.75, 3.05) is 18.0 Å². The standard InChI is InChI=1S/C21H25ClFNO7S/c1-4-31-21(27)15-7-5-6-8-18(15)32(28,29)24(17-10-9-14(23)12-16(17)22)20(26)13(2)11-19(25)30-3/h7,9-10,12-13,18H,4-6,8,11H2,1-3H3/t13?,18-/m0/s1. The fraction of sp³-hybridized carbons (Fsp3) is 0.476. The first kappa shape index (κ1) is 25.8. The van der Waals surface area contributed by atoms with Gasteiger partial charge in [0.15, 0.2) is 0 Å². The Bertz CT molecular complexity index is 1020. The van der Waals surface area contributed by atoms with Crippen LogP contribution in [-0.2, 0) is 33.9 Å². The Morgan fingerprint density at radius 2 is 2.00 bits per heavy atom. The van der Waals surface area contributed by atoms with Gasteiger partial charge in [0.05, 0.1) is 36.4 Å². The third kappa shape index (κ3) is 5.66. The molecule has 32 heavy (non-hydrogen) atoms. The van der Waals surface area contributed by atoms with Gasteiger partial charge in [0, 0.05) is 5.92 Å². The number of rotatable bonds is 8. The second kappa shape index (κ2) is 10.9. The van der Waals surface area contributed by atoms with Crippen LogP contribution in [0, 0.1) is 11.7 Å². The summed E-state index contributed by atoms with van der Waals surface area (Å²) in [7, 11) is -3.41. The molecule has 0 fully saturated rings. The Morgan fingerprint density at radius 3 is 2.59 bits per heavy atom. The van der Waals surface area contributed by atoms with Crippen LogP contribution < -0.4 is 4.31 Å². The number of carbonyl (C=O) groups is 3. The summed E-state index contributed by atoms with van der Waals surface area (Å²) in [6, 6.07) is 2.90. The molecule has 0 aromatic heterocycles. The topological polar surface area (TPSA) is 107 Å². The van der Waals surface area contributed by atoms with Crippen molar-refractivity contribution in [3.8, 4) is 0 Å². The first-order chi connectivity index (χ1) is 15.0. The summed E-state index contributed by atoms with van der Waals surface area (Å²) in [6.07, 6.45) is 2.11. The van der Waals surface area contributed by atoms with Crippen LogP contribution in [0.4, 0.5) is 10.1 Å². The number of nitrogens with zero attached hydrogens (tertiary/aromatic N) is 1. The molecule has 1 aromatic rings. The highest BCUT2D eigenvalue weighted by Gasteiger charge is 2.43. The van der Waals surface area contributed by atoms with Gasteiger partial charge in [-0.25, -0.2) is 21.9 Å². The number of methoxy groups -OCH3 is 1. The Labute approximate surface area is 191 Å². The number of halogens is 2. The third-order valence-electron chi connectivity index (χ3n) is 4.96. The molecular formula is C21H25ClFNO7S. The van der Waals surface area contributed by atoms with Gasteiger partial charge in [-0.15, -0.1) is 0 Å². The van der Waals surface area contributed by atoms with Gasteiger partial charge in [0.2, 0.25) is 15.9 Å². The molecule has 0 spiro atoms. The number of hydrogen-bond acceptors (Lipinski definition) is 7. The third-order valence-corrected chi connectivity index (χ3v) is 7.35. The van der Waals surface area contributed by atoms with Crippen LogP contribution in [0.2, 0.25) is 5.02 Å². The number of esters is 2. The second-order valence-corrected chi connectivity index (χ2v) is 9.60. The molecule has 0 bridgehead atoms. The molecule has 0 radical (unpaired) electrons. The number of amides is 1. The largest absolute Gasteiger partial charge is 0.469 e. The molecule has 8 nitrogen and oxygen atoms in total. The van der Waals surface area contributed by atoms with Crippen molar-refractivity contribution in [1.82, 2.24) is 0 Å². The maximum Gasteiger partial charge on any atom is 0.335 e. The van der Waals surface area contributed by atoms with Crippen molar-refractivity contribution in [1.29, 1.82) is 0 Å². The Morgan fingerprint density at radius 1 is 1.31 bits per heavy atom. The van der Waals surface area contributed by atoms with E-state index in [4.69, 9.17) is 16.3 Å². The van der Waals surface area contributed by atoms with Gasteiger partial charge >= 0.3 is 11.9 Å². The molecule has 1 aliphatic carbocycles. The fourth-order valence-electron chi connectivity index (χ4n) is 3.36. The van der Waals surface area contributed by atoms with Gasteiger partial charge in [0.25, 0.3) is 0 Å². The minimum atomic E-state index is -4.56. The Balaban J connectivity index is 2.60. The van der Waals surface area contributed by atoms with Crippen LogP contribution in [0.5, 0.6) is 0 Å². The number of benzene rings is 1. The molecule has 0 aliphatic heterocycles. The predicted molar refractivity (Wildman–Crippen MR) is 116 cm³/mol. The minimum Gasteiger partial charge on any atom is -0.469 e.